The normalized spacial score (nSPS) is 16.6. The minimum absolute atomic E-state index is 0.140. The average Bonchev–Trinajstić information content (AvgIpc) is 2.90. The standard InChI is InChI=1S/C14H26BBrO2/c1-2-3-4-5-6-7-8-9-10-11-14(16)15-17-12-13-18-15/h11H,2-10,12-13H2,1H3/b14-11-. The quantitative estimate of drug-likeness (QED) is 0.423. The third-order valence-corrected chi connectivity index (χ3v) is 3.94. The molecular formula is C14H26BBrO2. The van der Waals surface area contributed by atoms with Gasteiger partial charge >= 0.3 is 7.12 Å². The van der Waals surface area contributed by atoms with E-state index < -0.39 is 0 Å². The van der Waals surface area contributed by atoms with Crippen molar-refractivity contribution < 1.29 is 9.31 Å². The van der Waals surface area contributed by atoms with E-state index in [0.29, 0.717) is 13.2 Å². The molecule has 1 saturated heterocycles. The highest BCUT2D eigenvalue weighted by Gasteiger charge is 2.26. The molecule has 0 aromatic rings. The number of hydrogen-bond acceptors (Lipinski definition) is 2. The molecule has 1 fully saturated rings. The van der Waals surface area contributed by atoms with Gasteiger partial charge in [-0.2, -0.15) is 0 Å². The van der Waals surface area contributed by atoms with Crippen molar-refractivity contribution in [1.29, 1.82) is 0 Å². The van der Waals surface area contributed by atoms with Gasteiger partial charge in [0, 0.05) is 4.38 Å². The fourth-order valence-corrected chi connectivity index (χ4v) is 2.63. The summed E-state index contributed by atoms with van der Waals surface area (Å²) < 4.78 is 11.9. The molecule has 1 aliphatic heterocycles. The molecule has 0 aliphatic carbocycles. The molecule has 0 aromatic heterocycles. The Morgan fingerprint density at radius 1 is 1.00 bits per heavy atom. The summed E-state index contributed by atoms with van der Waals surface area (Å²) in [6.45, 7) is 3.69. The Morgan fingerprint density at radius 2 is 1.56 bits per heavy atom. The van der Waals surface area contributed by atoms with Crippen molar-refractivity contribution in [2.75, 3.05) is 13.2 Å². The summed E-state index contributed by atoms with van der Waals surface area (Å²) >= 11 is 3.53. The van der Waals surface area contributed by atoms with Crippen LogP contribution in [0.2, 0.25) is 0 Å². The van der Waals surface area contributed by atoms with Gasteiger partial charge in [-0.3, -0.25) is 0 Å². The van der Waals surface area contributed by atoms with Crippen LogP contribution in [-0.4, -0.2) is 20.3 Å². The van der Waals surface area contributed by atoms with Crippen molar-refractivity contribution in [1.82, 2.24) is 0 Å². The predicted molar refractivity (Wildman–Crippen MR) is 81.9 cm³/mol. The van der Waals surface area contributed by atoms with Crippen molar-refractivity contribution in [2.45, 2.75) is 64.7 Å². The van der Waals surface area contributed by atoms with E-state index >= 15 is 0 Å². The van der Waals surface area contributed by atoms with E-state index in [4.69, 9.17) is 9.31 Å². The summed E-state index contributed by atoms with van der Waals surface area (Å²) in [6, 6.07) is 0. The molecule has 0 bridgehead atoms. The van der Waals surface area contributed by atoms with E-state index in [1.165, 1.54) is 51.4 Å². The fourth-order valence-electron chi connectivity index (χ4n) is 2.13. The van der Waals surface area contributed by atoms with Crippen molar-refractivity contribution in [3.8, 4) is 0 Å². The van der Waals surface area contributed by atoms with Gasteiger partial charge in [-0.1, -0.05) is 73.9 Å². The van der Waals surface area contributed by atoms with Crippen LogP contribution in [0.3, 0.4) is 0 Å². The van der Waals surface area contributed by atoms with E-state index in [1.807, 2.05) is 0 Å². The van der Waals surface area contributed by atoms with Gasteiger partial charge in [0.25, 0.3) is 0 Å². The number of allylic oxidation sites excluding steroid dienone is 1. The highest BCUT2D eigenvalue weighted by molar-refractivity contribution is 9.12. The summed E-state index contributed by atoms with van der Waals surface area (Å²) in [4.78, 5) is 0. The lowest BCUT2D eigenvalue weighted by Gasteiger charge is -2.03. The molecule has 104 valence electrons. The Labute approximate surface area is 121 Å². The van der Waals surface area contributed by atoms with Crippen molar-refractivity contribution in [2.24, 2.45) is 0 Å². The highest BCUT2D eigenvalue weighted by atomic mass is 79.9. The number of unbranched alkanes of at least 4 members (excludes halogenated alkanes) is 8. The number of halogens is 1. The van der Waals surface area contributed by atoms with Crippen LogP contribution in [0.25, 0.3) is 0 Å². The molecule has 0 spiro atoms. The third-order valence-electron chi connectivity index (χ3n) is 3.24. The first-order chi connectivity index (χ1) is 8.84. The minimum Gasteiger partial charge on any atom is -0.405 e. The van der Waals surface area contributed by atoms with Crippen LogP contribution in [0.5, 0.6) is 0 Å². The lowest BCUT2D eigenvalue weighted by atomic mass is 9.89. The van der Waals surface area contributed by atoms with E-state index in [9.17, 15) is 0 Å². The number of rotatable bonds is 10. The summed E-state index contributed by atoms with van der Waals surface area (Å²) in [7, 11) is -0.140. The Bertz CT molecular complexity index is 228. The molecule has 0 unspecified atom stereocenters. The maximum atomic E-state index is 5.41. The maximum Gasteiger partial charge on any atom is 0.501 e. The molecule has 18 heavy (non-hydrogen) atoms. The van der Waals surface area contributed by atoms with Crippen LogP contribution < -0.4 is 0 Å². The Balaban J connectivity index is 1.89. The first-order valence-corrected chi connectivity index (χ1v) is 8.22. The zero-order valence-corrected chi connectivity index (χ0v) is 13.2. The molecular weight excluding hydrogens is 291 g/mol. The second kappa shape index (κ2) is 11.1. The SMILES string of the molecule is CCCCCCCCCC/C=C(\Br)B1OCCO1. The lowest BCUT2D eigenvalue weighted by molar-refractivity contribution is 0.365. The molecule has 1 rings (SSSR count). The van der Waals surface area contributed by atoms with E-state index in [-0.39, 0.29) is 7.12 Å². The van der Waals surface area contributed by atoms with Crippen LogP contribution in [0.1, 0.15) is 64.7 Å². The van der Waals surface area contributed by atoms with Gasteiger partial charge in [0.05, 0.1) is 13.2 Å². The zero-order valence-electron chi connectivity index (χ0n) is 11.6. The Morgan fingerprint density at radius 3 is 2.17 bits per heavy atom. The summed E-state index contributed by atoms with van der Waals surface area (Å²) in [6.07, 6.45) is 14.3. The van der Waals surface area contributed by atoms with Gasteiger partial charge in [0.15, 0.2) is 0 Å². The van der Waals surface area contributed by atoms with E-state index in [2.05, 4.69) is 28.9 Å². The van der Waals surface area contributed by atoms with Crippen LogP contribution >= 0.6 is 15.9 Å². The maximum absolute atomic E-state index is 5.41. The summed E-state index contributed by atoms with van der Waals surface area (Å²) in [5.74, 6) is 0. The average molecular weight is 317 g/mol. The molecule has 0 radical (unpaired) electrons. The Hall–Kier alpha value is 0.205. The molecule has 0 N–H and O–H groups in total. The van der Waals surface area contributed by atoms with E-state index in [0.717, 1.165) is 10.8 Å². The molecule has 4 heteroatoms. The van der Waals surface area contributed by atoms with Crippen LogP contribution in [0.4, 0.5) is 0 Å². The largest absolute Gasteiger partial charge is 0.501 e. The topological polar surface area (TPSA) is 18.5 Å². The van der Waals surface area contributed by atoms with Crippen molar-refractivity contribution >= 4 is 23.0 Å². The van der Waals surface area contributed by atoms with E-state index in [1.54, 1.807) is 0 Å². The molecule has 0 saturated carbocycles. The Kier molecular flexibility index (Phi) is 10.00. The highest BCUT2D eigenvalue weighted by Crippen LogP contribution is 2.18. The first-order valence-electron chi connectivity index (χ1n) is 7.43. The van der Waals surface area contributed by atoms with Crippen molar-refractivity contribution in [3.63, 3.8) is 0 Å². The van der Waals surface area contributed by atoms with Crippen molar-refractivity contribution in [3.05, 3.63) is 10.5 Å². The monoisotopic (exact) mass is 316 g/mol. The number of hydrogen-bond donors (Lipinski definition) is 0. The minimum atomic E-state index is -0.140. The zero-order chi connectivity index (χ0) is 13.1. The second-order valence-corrected chi connectivity index (χ2v) is 5.84. The second-order valence-electron chi connectivity index (χ2n) is 4.93. The molecule has 1 aliphatic rings. The molecule has 0 aromatic carbocycles. The first kappa shape index (κ1) is 16.3. The lowest BCUT2D eigenvalue weighted by Crippen LogP contribution is -2.14. The molecule has 0 atom stereocenters. The molecule has 2 nitrogen and oxygen atoms in total. The summed E-state index contributed by atoms with van der Waals surface area (Å²) in [5.41, 5.74) is 0. The van der Waals surface area contributed by atoms with Crippen LogP contribution in [0, 0.1) is 0 Å². The third kappa shape index (κ3) is 7.60. The van der Waals surface area contributed by atoms with Crippen LogP contribution in [0.15, 0.2) is 10.5 Å². The molecule has 0 amide bonds. The van der Waals surface area contributed by atoms with Gasteiger partial charge < -0.3 is 9.31 Å². The summed E-state index contributed by atoms with van der Waals surface area (Å²) in [5, 5.41) is 0. The van der Waals surface area contributed by atoms with Crippen LogP contribution in [-0.2, 0) is 9.31 Å². The fraction of sp³-hybridized carbons (Fsp3) is 0.857. The van der Waals surface area contributed by atoms with Gasteiger partial charge in [-0.15, -0.1) is 0 Å². The molecule has 1 heterocycles. The van der Waals surface area contributed by atoms with Gasteiger partial charge in [-0.25, -0.2) is 0 Å². The smallest absolute Gasteiger partial charge is 0.405 e. The van der Waals surface area contributed by atoms with Gasteiger partial charge in [-0.05, 0) is 12.8 Å². The van der Waals surface area contributed by atoms with Gasteiger partial charge in [0.1, 0.15) is 0 Å². The predicted octanol–water partition coefficient (Wildman–Crippen LogP) is 4.87. The van der Waals surface area contributed by atoms with Gasteiger partial charge in [0.2, 0.25) is 0 Å².